The number of carbonyl (C=O) groups is 2. The molecule has 1 amide bonds. The van der Waals surface area contributed by atoms with Gasteiger partial charge < -0.3 is 10.0 Å². The number of aliphatic carboxylic acids is 1. The van der Waals surface area contributed by atoms with E-state index in [1.54, 1.807) is 0 Å². The number of anilines is 1. The predicted octanol–water partition coefficient (Wildman–Crippen LogP) is 2.89. The molecule has 0 radical (unpaired) electrons. The summed E-state index contributed by atoms with van der Waals surface area (Å²) in [7, 11) is -3.11. The first-order valence-corrected chi connectivity index (χ1v) is 12.6. The molecule has 9 heteroatoms. The minimum atomic E-state index is -3.11. The number of carboxylic acids is 1. The summed E-state index contributed by atoms with van der Waals surface area (Å²) in [6.07, 6.45) is 3.45. The molecule has 0 aromatic heterocycles. The fourth-order valence-corrected chi connectivity index (χ4v) is 7.56. The number of unbranched alkanes of at least 4 members (excludes halogenated alkanes) is 1. The fraction of sp³-hybridized carbons (Fsp3) is 0.550. The number of nitrogens with zero attached hydrogens (tertiary/aromatic N) is 2. The molecule has 1 N–H and O–H groups in total. The molecule has 0 saturated carbocycles. The average Bonchev–Trinajstić information content (AvgIpc) is 3.11. The number of rotatable bonds is 8. The molecule has 2 aliphatic heterocycles. The number of carbonyl (C=O) groups excluding carboxylic acids is 1. The molecule has 1 aromatic carbocycles. The first kappa shape index (κ1) is 21.8. The minimum Gasteiger partial charge on any atom is -0.481 e. The Balaban J connectivity index is 1.81. The van der Waals surface area contributed by atoms with E-state index in [0.29, 0.717) is 5.17 Å². The highest BCUT2D eigenvalue weighted by atomic mass is 32.2. The van der Waals surface area contributed by atoms with E-state index < -0.39 is 15.8 Å². The van der Waals surface area contributed by atoms with Gasteiger partial charge in [-0.2, -0.15) is 4.99 Å². The Kier molecular flexibility index (Phi) is 7.00. The van der Waals surface area contributed by atoms with Crippen LogP contribution in [0.4, 0.5) is 5.69 Å². The highest BCUT2D eigenvalue weighted by Gasteiger charge is 2.49. The van der Waals surface area contributed by atoms with Crippen LogP contribution in [0.1, 0.15) is 44.6 Å². The molecule has 7 nitrogen and oxygen atoms in total. The van der Waals surface area contributed by atoms with Crippen LogP contribution >= 0.6 is 11.8 Å². The number of amidine groups is 1. The van der Waals surface area contributed by atoms with Crippen molar-refractivity contribution in [2.24, 2.45) is 4.99 Å². The van der Waals surface area contributed by atoms with E-state index in [4.69, 9.17) is 5.11 Å². The molecule has 0 aliphatic carbocycles. The van der Waals surface area contributed by atoms with Gasteiger partial charge in [0.05, 0.1) is 17.5 Å². The molecule has 2 atom stereocenters. The molecule has 0 bridgehead atoms. The van der Waals surface area contributed by atoms with Gasteiger partial charge in [0.25, 0.3) is 0 Å². The number of sulfone groups is 1. The second-order valence-corrected chi connectivity index (χ2v) is 10.8. The van der Waals surface area contributed by atoms with Crippen LogP contribution in [0.15, 0.2) is 29.3 Å². The largest absolute Gasteiger partial charge is 0.481 e. The van der Waals surface area contributed by atoms with Crippen molar-refractivity contribution in [1.29, 1.82) is 0 Å². The third-order valence-corrected chi connectivity index (χ3v) is 8.31. The van der Waals surface area contributed by atoms with E-state index in [-0.39, 0.29) is 48.0 Å². The number of hydrogen-bond acceptors (Lipinski definition) is 5. The van der Waals surface area contributed by atoms with Crippen molar-refractivity contribution >= 4 is 44.3 Å². The van der Waals surface area contributed by atoms with Gasteiger partial charge in [0.1, 0.15) is 0 Å². The van der Waals surface area contributed by atoms with E-state index in [0.717, 1.165) is 24.9 Å². The van der Waals surface area contributed by atoms with Crippen LogP contribution in [0.25, 0.3) is 0 Å². The summed E-state index contributed by atoms with van der Waals surface area (Å²) in [4.78, 5) is 29.0. The number of fused-ring (bicyclic) bond motifs is 1. The summed E-state index contributed by atoms with van der Waals surface area (Å²) in [5.74, 6) is -1.18. The summed E-state index contributed by atoms with van der Waals surface area (Å²) in [6.45, 7) is 2.15. The van der Waals surface area contributed by atoms with Crippen molar-refractivity contribution in [3.05, 3.63) is 29.8 Å². The first-order chi connectivity index (χ1) is 13.8. The fourth-order valence-electron chi connectivity index (χ4n) is 3.62. The van der Waals surface area contributed by atoms with Gasteiger partial charge in [-0.3, -0.25) is 9.59 Å². The number of aryl methyl sites for hydroxylation is 1. The lowest BCUT2D eigenvalue weighted by Crippen LogP contribution is -2.37. The molecule has 0 unspecified atom stereocenters. The van der Waals surface area contributed by atoms with Crippen molar-refractivity contribution in [2.75, 3.05) is 16.4 Å². The van der Waals surface area contributed by atoms with E-state index in [9.17, 15) is 18.0 Å². The van der Waals surface area contributed by atoms with Gasteiger partial charge in [-0.1, -0.05) is 37.2 Å². The van der Waals surface area contributed by atoms with Crippen molar-refractivity contribution in [3.63, 3.8) is 0 Å². The Hall–Kier alpha value is -1.87. The summed E-state index contributed by atoms with van der Waals surface area (Å²) in [5.41, 5.74) is 2.06. The smallest absolute Gasteiger partial charge is 0.303 e. The summed E-state index contributed by atoms with van der Waals surface area (Å²) in [5, 5.41) is 9.08. The SMILES string of the molecule is CCCCc1ccc(N2C(=NC(=O)CCCC(=O)O)S[C@@H]3CS(=O)(=O)C[C@H]32)cc1. The van der Waals surface area contributed by atoms with E-state index >= 15 is 0 Å². The van der Waals surface area contributed by atoms with Crippen molar-refractivity contribution in [2.45, 2.75) is 56.7 Å². The number of carboxylic acid groups (broad SMARTS) is 1. The van der Waals surface area contributed by atoms with E-state index in [2.05, 4.69) is 11.9 Å². The summed E-state index contributed by atoms with van der Waals surface area (Å²) < 4.78 is 24.3. The second-order valence-electron chi connectivity index (χ2n) is 7.48. The molecule has 2 aliphatic rings. The summed E-state index contributed by atoms with van der Waals surface area (Å²) in [6, 6.07) is 7.77. The molecule has 2 heterocycles. The maximum atomic E-state index is 12.2. The Morgan fingerprint density at radius 1 is 1.17 bits per heavy atom. The quantitative estimate of drug-likeness (QED) is 0.665. The van der Waals surface area contributed by atoms with Crippen molar-refractivity contribution < 1.29 is 23.1 Å². The van der Waals surface area contributed by atoms with Crippen molar-refractivity contribution in [3.8, 4) is 0 Å². The van der Waals surface area contributed by atoms with Crippen LogP contribution in [-0.2, 0) is 25.8 Å². The highest BCUT2D eigenvalue weighted by molar-refractivity contribution is 8.16. The number of hydrogen-bond donors (Lipinski definition) is 1. The van der Waals surface area contributed by atoms with Gasteiger partial charge in [-0.25, -0.2) is 8.42 Å². The zero-order valence-electron chi connectivity index (χ0n) is 16.4. The van der Waals surface area contributed by atoms with Crippen LogP contribution < -0.4 is 4.90 Å². The Morgan fingerprint density at radius 2 is 1.90 bits per heavy atom. The maximum absolute atomic E-state index is 12.2. The molecule has 3 rings (SSSR count). The highest BCUT2D eigenvalue weighted by Crippen LogP contribution is 2.41. The molecule has 2 fully saturated rings. The topological polar surface area (TPSA) is 104 Å². The van der Waals surface area contributed by atoms with Gasteiger partial charge in [0.15, 0.2) is 15.0 Å². The zero-order chi connectivity index (χ0) is 21.0. The third-order valence-electron chi connectivity index (χ3n) is 5.10. The van der Waals surface area contributed by atoms with Crippen LogP contribution in [0, 0.1) is 0 Å². The number of thioether (sulfide) groups is 1. The lowest BCUT2D eigenvalue weighted by atomic mass is 10.1. The maximum Gasteiger partial charge on any atom is 0.303 e. The molecule has 2 saturated heterocycles. The first-order valence-electron chi connectivity index (χ1n) is 9.87. The Morgan fingerprint density at radius 3 is 2.55 bits per heavy atom. The van der Waals surface area contributed by atoms with Gasteiger partial charge in [0, 0.05) is 23.8 Å². The minimum absolute atomic E-state index is 0.0501. The number of amides is 1. The Labute approximate surface area is 175 Å². The average molecular weight is 439 g/mol. The van der Waals surface area contributed by atoms with Crippen molar-refractivity contribution in [1.82, 2.24) is 0 Å². The van der Waals surface area contributed by atoms with Gasteiger partial charge in [0.2, 0.25) is 5.91 Å². The van der Waals surface area contributed by atoms with Gasteiger partial charge in [-0.15, -0.1) is 0 Å². The molecular formula is C20H26N2O5S2. The molecule has 0 spiro atoms. The number of aliphatic imine (C=N–C) groups is 1. The van der Waals surface area contributed by atoms with Gasteiger partial charge in [-0.05, 0) is 37.0 Å². The molecule has 158 valence electrons. The van der Waals surface area contributed by atoms with Crippen LogP contribution in [-0.4, -0.2) is 53.4 Å². The second kappa shape index (κ2) is 9.30. The van der Waals surface area contributed by atoms with E-state index in [1.165, 1.54) is 17.3 Å². The Bertz CT molecular complexity index is 896. The normalized spacial score (nSPS) is 24.0. The van der Waals surface area contributed by atoms with Gasteiger partial charge >= 0.3 is 5.97 Å². The zero-order valence-corrected chi connectivity index (χ0v) is 18.0. The molecular weight excluding hydrogens is 412 g/mol. The molecule has 29 heavy (non-hydrogen) atoms. The molecule has 1 aromatic rings. The number of benzene rings is 1. The van der Waals surface area contributed by atoms with E-state index in [1.807, 2.05) is 29.2 Å². The van der Waals surface area contributed by atoms with Crippen LogP contribution in [0.5, 0.6) is 0 Å². The van der Waals surface area contributed by atoms with Crippen LogP contribution in [0.2, 0.25) is 0 Å². The summed E-state index contributed by atoms with van der Waals surface area (Å²) >= 11 is 1.33. The third kappa shape index (κ3) is 5.60. The lowest BCUT2D eigenvalue weighted by molar-refractivity contribution is -0.137. The predicted molar refractivity (Wildman–Crippen MR) is 115 cm³/mol. The lowest BCUT2D eigenvalue weighted by Gasteiger charge is -2.24. The van der Waals surface area contributed by atoms with Crippen LogP contribution in [0.3, 0.4) is 0 Å². The monoisotopic (exact) mass is 438 g/mol. The standard InChI is InChI=1S/C20H26N2O5S2/c1-2-3-5-14-8-10-15(11-9-14)22-16-12-29(26,27)13-17(16)28-20(22)21-18(23)6-4-7-19(24)25/h8-11,16-17H,2-7,12-13H2,1H3,(H,24,25)/t16-,17-/m1/s1.